The molecule has 7 nitrogen and oxygen atoms in total. The highest BCUT2D eigenvalue weighted by Crippen LogP contribution is 2.23. The van der Waals surface area contributed by atoms with E-state index in [-0.39, 0.29) is 55.4 Å². The molecule has 0 unspecified atom stereocenters. The molecule has 0 aromatic heterocycles. The Balaban J connectivity index is 1.64. The average molecular weight is 468 g/mol. The lowest BCUT2D eigenvalue weighted by Crippen LogP contribution is -2.48. The number of benzene rings is 2. The molecular weight excluding hydrogens is 437 g/mol. The van der Waals surface area contributed by atoms with E-state index in [1.165, 1.54) is 17.0 Å². The van der Waals surface area contributed by atoms with Crippen LogP contribution in [0.4, 0.5) is 4.39 Å². The third kappa shape index (κ3) is 5.87. The van der Waals surface area contributed by atoms with Gasteiger partial charge in [0.25, 0.3) is 11.8 Å². The summed E-state index contributed by atoms with van der Waals surface area (Å²) in [7, 11) is 0. The van der Waals surface area contributed by atoms with E-state index < -0.39 is 6.04 Å². The summed E-state index contributed by atoms with van der Waals surface area (Å²) in [4.78, 5) is 53.4. The van der Waals surface area contributed by atoms with Gasteiger partial charge in [-0.25, -0.2) is 4.39 Å². The van der Waals surface area contributed by atoms with Gasteiger partial charge in [0, 0.05) is 26.1 Å². The van der Waals surface area contributed by atoms with E-state index >= 15 is 0 Å². The minimum Gasteiger partial charge on any atom is -0.354 e. The second-order valence-corrected chi connectivity index (χ2v) is 8.38. The molecule has 2 aromatic rings. The number of halogens is 1. The lowest BCUT2D eigenvalue weighted by molar-refractivity contribution is -0.140. The zero-order chi connectivity index (χ0) is 24.7. The smallest absolute Gasteiger partial charge is 0.261 e. The molecule has 0 saturated carbocycles. The summed E-state index contributed by atoms with van der Waals surface area (Å²) < 4.78 is 13.3. The fourth-order valence-corrected chi connectivity index (χ4v) is 3.88. The number of hydrogen-bond donors (Lipinski definition) is 1. The maximum atomic E-state index is 13.3. The Morgan fingerprint density at radius 3 is 2.21 bits per heavy atom. The molecule has 8 heteroatoms. The summed E-state index contributed by atoms with van der Waals surface area (Å²) in [5, 5.41) is 2.85. The number of fused-ring (bicyclic) bond motifs is 1. The normalized spacial score (nSPS) is 13.6. The van der Waals surface area contributed by atoms with Crippen molar-refractivity contribution in [3.63, 3.8) is 0 Å². The van der Waals surface area contributed by atoms with Crippen LogP contribution in [-0.4, -0.2) is 52.6 Å². The number of nitrogens with zero attached hydrogens (tertiary/aromatic N) is 2. The molecule has 3 rings (SSSR count). The molecule has 0 spiro atoms. The van der Waals surface area contributed by atoms with Gasteiger partial charge in [-0.1, -0.05) is 37.6 Å². The fraction of sp³-hybridized carbons (Fsp3) is 0.385. The first-order valence-electron chi connectivity index (χ1n) is 11.6. The lowest BCUT2D eigenvalue weighted by Gasteiger charge is -2.29. The fourth-order valence-electron chi connectivity index (χ4n) is 3.88. The minimum absolute atomic E-state index is 0.0567. The Hall–Kier alpha value is -3.55. The molecule has 1 heterocycles. The van der Waals surface area contributed by atoms with E-state index in [9.17, 15) is 23.6 Å². The van der Waals surface area contributed by atoms with Crippen LogP contribution in [0.25, 0.3) is 0 Å². The van der Waals surface area contributed by atoms with Crippen LogP contribution < -0.4 is 5.32 Å². The van der Waals surface area contributed by atoms with Crippen molar-refractivity contribution in [2.75, 3.05) is 13.1 Å². The zero-order valence-corrected chi connectivity index (χ0v) is 19.6. The Morgan fingerprint density at radius 1 is 1.00 bits per heavy atom. The van der Waals surface area contributed by atoms with Crippen LogP contribution in [0, 0.1) is 5.82 Å². The molecule has 180 valence electrons. The molecule has 0 aliphatic carbocycles. The number of amides is 4. The number of rotatable bonds is 11. The van der Waals surface area contributed by atoms with Crippen molar-refractivity contribution in [1.82, 2.24) is 15.1 Å². The van der Waals surface area contributed by atoms with Gasteiger partial charge in [0.2, 0.25) is 11.8 Å². The number of carbonyl (C=O) groups excluding carboxylic acids is 4. The van der Waals surface area contributed by atoms with Crippen LogP contribution in [0.15, 0.2) is 48.5 Å². The highest BCUT2D eigenvalue weighted by atomic mass is 19.1. The Morgan fingerprint density at radius 2 is 1.62 bits per heavy atom. The third-order valence-corrected chi connectivity index (χ3v) is 5.91. The van der Waals surface area contributed by atoms with Crippen molar-refractivity contribution in [3.05, 3.63) is 71.0 Å². The quantitative estimate of drug-likeness (QED) is 0.405. The summed E-state index contributed by atoms with van der Waals surface area (Å²) >= 11 is 0. The maximum absolute atomic E-state index is 13.3. The number of carbonyl (C=O) groups is 4. The van der Waals surface area contributed by atoms with E-state index in [2.05, 4.69) is 5.32 Å². The molecular formula is C26H30FN3O4. The maximum Gasteiger partial charge on any atom is 0.261 e. The number of hydrogen-bond acceptors (Lipinski definition) is 4. The first-order chi connectivity index (χ1) is 16.3. The van der Waals surface area contributed by atoms with Gasteiger partial charge in [0.05, 0.1) is 11.1 Å². The molecule has 1 N–H and O–H groups in total. The molecule has 2 aromatic carbocycles. The van der Waals surface area contributed by atoms with E-state index in [0.29, 0.717) is 23.2 Å². The van der Waals surface area contributed by atoms with Crippen molar-refractivity contribution in [1.29, 1.82) is 0 Å². The minimum atomic E-state index is -0.728. The molecule has 0 radical (unpaired) electrons. The van der Waals surface area contributed by atoms with E-state index in [1.807, 2.05) is 6.92 Å². The first-order valence-corrected chi connectivity index (χ1v) is 11.6. The summed E-state index contributed by atoms with van der Waals surface area (Å²) in [5.74, 6) is -1.64. The first kappa shape index (κ1) is 25.1. The van der Waals surface area contributed by atoms with Gasteiger partial charge < -0.3 is 10.2 Å². The third-order valence-electron chi connectivity index (χ3n) is 5.91. The van der Waals surface area contributed by atoms with E-state index in [4.69, 9.17) is 0 Å². The number of imide groups is 1. The Kier molecular flexibility index (Phi) is 8.51. The molecule has 0 fully saturated rings. The lowest BCUT2D eigenvalue weighted by atomic mass is 10.1. The predicted octanol–water partition coefficient (Wildman–Crippen LogP) is 3.54. The van der Waals surface area contributed by atoms with Crippen molar-refractivity contribution < 1.29 is 23.6 Å². The van der Waals surface area contributed by atoms with Crippen LogP contribution in [-0.2, 0) is 16.1 Å². The van der Waals surface area contributed by atoms with Gasteiger partial charge in [-0.15, -0.1) is 0 Å². The van der Waals surface area contributed by atoms with E-state index in [1.54, 1.807) is 43.3 Å². The van der Waals surface area contributed by atoms with Gasteiger partial charge in [0.1, 0.15) is 11.9 Å². The summed E-state index contributed by atoms with van der Waals surface area (Å²) in [6.45, 7) is 4.47. The summed E-state index contributed by atoms with van der Waals surface area (Å²) in [5.41, 5.74) is 1.44. The van der Waals surface area contributed by atoms with Gasteiger partial charge in [-0.3, -0.25) is 24.1 Å². The monoisotopic (exact) mass is 467 g/mol. The standard InChI is InChI=1S/C26H30FN3O4/c1-3-4-15-28-24(32)18(2)30(17-19-11-13-20(27)14-12-19)23(31)10-7-16-29-25(33)21-8-5-6-9-22(21)26(29)34/h5-6,8-9,11-14,18H,3-4,7,10,15-17H2,1-2H3,(H,28,32)/t18-/m1/s1. The van der Waals surface area contributed by atoms with Crippen LogP contribution >= 0.6 is 0 Å². The number of nitrogens with one attached hydrogen (secondary N) is 1. The van der Waals surface area contributed by atoms with Gasteiger partial charge in [-0.05, 0) is 49.6 Å². The van der Waals surface area contributed by atoms with Crippen molar-refractivity contribution in [2.45, 2.75) is 52.1 Å². The van der Waals surface area contributed by atoms with E-state index in [0.717, 1.165) is 17.7 Å². The second kappa shape index (κ2) is 11.5. The SMILES string of the molecule is CCCCNC(=O)[C@@H](C)N(Cc1ccc(F)cc1)C(=O)CCCN1C(=O)c2ccccc2C1=O. The van der Waals surface area contributed by atoms with Crippen molar-refractivity contribution >= 4 is 23.6 Å². The van der Waals surface area contributed by atoms with Crippen molar-refractivity contribution in [3.8, 4) is 0 Å². The van der Waals surface area contributed by atoms with Crippen LogP contribution in [0.1, 0.15) is 65.8 Å². The number of unbranched alkanes of at least 4 members (excludes halogenated alkanes) is 1. The van der Waals surface area contributed by atoms with Crippen LogP contribution in [0.5, 0.6) is 0 Å². The average Bonchev–Trinajstić information content (AvgIpc) is 3.08. The molecule has 1 aliphatic rings. The highest BCUT2D eigenvalue weighted by Gasteiger charge is 2.35. The predicted molar refractivity (Wildman–Crippen MR) is 125 cm³/mol. The van der Waals surface area contributed by atoms with Crippen molar-refractivity contribution in [2.24, 2.45) is 0 Å². The van der Waals surface area contributed by atoms with Gasteiger partial charge in [0.15, 0.2) is 0 Å². The Bertz CT molecular complexity index is 1020. The van der Waals surface area contributed by atoms with Crippen LogP contribution in [0.2, 0.25) is 0 Å². The molecule has 34 heavy (non-hydrogen) atoms. The molecule has 1 aliphatic heterocycles. The van der Waals surface area contributed by atoms with Gasteiger partial charge in [-0.2, -0.15) is 0 Å². The highest BCUT2D eigenvalue weighted by molar-refractivity contribution is 6.21. The molecule has 4 amide bonds. The summed E-state index contributed by atoms with van der Waals surface area (Å²) in [6, 6.07) is 11.7. The Labute approximate surface area is 198 Å². The molecule has 0 saturated heterocycles. The largest absolute Gasteiger partial charge is 0.354 e. The van der Waals surface area contributed by atoms with Gasteiger partial charge >= 0.3 is 0 Å². The second-order valence-electron chi connectivity index (χ2n) is 8.38. The molecule has 1 atom stereocenters. The zero-order valence-electron chi connectivity index (χ0n) is 19.6. The van der Waals surface area contributed by atoms with Crippen LogP contribution in [0.3, 0.4) is 0 Å². The molecule has 0 bridgehead atoms. The topological polar surface area (TPSA) is 86.8 Å². The summed E-state index contributed by atoms with van der Waals surface area (Å²) in [6.07, 6.45) is 2.10.